The molecule has 2 N–H and O–H groups in total. The highest BCUT2D eigenvalue weighted by molar-refractivity contribution is 4.93. The number of alkyl halides is 3. The van der Waals surface area contributed by atoms with E-state index in [1.807, 2.05) is 20.9 Å². The Morgan fingerprint density at radius 2 is 1.67 bits per heavy atom. The topological polar surface area (TPSA) is 32.5 Å². The van der Waals surface area contributed by atoms with Crippen molar-refractivity contribution in [3.05, 3.63) is 0 Å². The molecule has 1 fully saturated rings. The van der Waals surface area contributed by atoms with Crippen molar-refractivity contribution in [2.45, 2.75) is 57.5 Å². The molecule has 0 saturated carbocycles. The van der Waals surface area contributed by atoms with E-state index in [4.69, 9.17) is 5.73 Å². The van der Waals surface area contributed by atoms with Crippen molar-refractivity contribution < 1.29 is 13.2 Å². The fourth-order valence-electron chi connectivity index (χ4n) is 2.62. The Bertz CT molecular complexity index is 258. The van der Waals surface area contributed by atoms with Crippen LogP contribution in [0.3, 0.4) is 0 Å². The minimum Gasteiger partial charge on any atom is -0.326 e. The molecular weight excluding hydrogens is 243 g/mol. The Hall–Kier alpha value is -0.330. The summed E-state index contributed by atoms with van der Waals surface area (Å²) in [7, 11) is 1.95. The quantitative estimate of drug-likeness (QED) is 0.844. The first-order valence-corrected chi connectivity index (χ1v) is 6.46. The third kappa shape index (κ3) is 3.36. The van der Waals surface area contributed by atoms with Crippen molar-refractivity contribution in [1.29, 1.82) is 0 Å². The molecule has 0 aliphatic carbocycles. The van der Waals surface area contributed by atoms with Gasteiger partial charge in [0.1, 0.15) is 6.04 Å². The first kappa shape index (κ1) is 15.7. The summed E-state index contributed by atoms with van der Waals surface area (Å²) in [6, 6.07) is -2.15. The maximum Gasteiger partial charge on any atom is 0.405 e. The van der Waals surface area contributed by atoms with Crippen LogP contribution in [0.2, 0.25) is 0 Å². The monoisotopic (exact) mass is 267 g/mol. The number of rotatable bonds is 3. The van der Waals surface area contributed by atoms with Gasteiger partial charge in [-0.3, -0.25) is 9.80 Å². The fraction of sp³-hybridized carbons (Fsp3) is 1.00. The van der Waals surface area contributed by atoms with Gasteiger partial charge in [-0.2, -0.15) is 13.2 Å². The summed E-state index contributed by atoms with van der Waals surface area (Å²) < 4.78 is 39.5. The summed E-state index contributed by atoms with van der Waals surface area (Å²) in [5.41, 5.74) is 5.68. The van der Waals surface area contributed by atoms with Gasteiger partial charge in [-0.05, 0) is 27.3 Å². The lowest BCUT2D eigenvalue weighted by Crippen LogP contribution is -2.64. The smallest absolute Gasteiger partial charge is 0.326 e. The lowest BCUT2D eigenvalue weighted by atomic mass is 10.00. The van der Waals surface area contributed by atoms with Crippen LogP contribution < -0.4 is 5.73 Å². The number of nitrogens with two attached hydrogens (primary N) is 1. The number of nitrogens with zero attached hydrogens (tertiary/aromatic N) is 2. The van der Waals surface area contributed by atoms with E-state index in [-0.39, 0.29) is 12.1 Å². The van der Waals surface area contributed by atoms with Crippen LogP contribution in [0.1, 0.15) is 27.2 Å². The van der Waals surface area contributed by atoms with Crippen molar-refractivity contribution in [2.24, 2.45) is 5.73 Å². The standard InChI is InChI=1S/C12H24F3N3/c1-5-10(16)11(12(13,14)15)18-6-8(2)17(4)9(3)7-18/h8-11H,5-7,16H2,1-4H3. The minimum absolute atomic E-state index is 0.114. The van der Waals surface area contributed by atoms with Gasteiger partial charge in [-0.25, -0.2) is 0 Å². The number of hydrogen-bond donors (Lipinski definition) is 1. The molecule has 18 heavy (non-hydrogen) atoms. The van der Waals surface area contributed by atoms with Gasteiger partial charge in [-0.15, -0.1) is 0 Å². The van der Waals surface area contributed by atoms with E-state index in [0.717, 1.165) is 0 Å². The molecule has 0 aromatic carbocycles. The number of halogens is 3. The molecule has 0 aromatic heterocycles. The van der Waals surface area contributed by atoms with Gasteiger partial charge in [0.15, 0.2) is 0 Å². The van der Waals surface area contributed by atoms with Crippen molar-refractivity contribution in [3.8, 4) is 0 Å². The molecule has 1 aliphatic heterocycles. The Kier molecular flexibility index (Phi) is 5.03. The minimum atomic E-state index is -4.26. The summed E-state index contributed by atoms with van der Waals surface area (Å²) in [6.45, 7) is 6.44. The van der Waals surface area contributed by atoms with Crippen molar-refractivity contribution in [3.63, 3.8) is 0 Å². The highest BCUT2D eigenvalue weighted by Crippen LogP contribution is 2.30. The molecule has 0 spiro atoms. The summed E-state index contributed by atoms with van der Waals surface area (Å²) in [6.07, 6.45) is -3.93. The second kappa shape index (κ2) is 5.75. The van der Waals surface area contributed by atoms with Gasteiger partial charge in [0.05, 0.1) is 0 Å². The molecule has 4 atom stereocenters. The van der Waals surface area contributed by atoms with E-state index in [1.54, 1.807) is 6.92 Å². The third-order valence-corrected chi connectivity index (χ3v) is 3.99. The largest absolute Gasteiger partial charge is 0.405 e. The van der Waals surface area contributed by atoms with E-state index in [2.05, 4.69) is 4.90 Å². The predicted octanol–water partition coefficient (Wildman–Crippen LogP) is 1.68. The molecular formula is C12H24F3N3. The zero-order chi connectivity index (χ0) is 14.1. The zero-order valence-corrected chi connectivity index (χ0v) is 11.5. The highest BCUT2D eigenvalue weighted by atomic mass is 19.4. The number of likely N-dealkylation sites (N-methyl/N-ethyl adjacent to an activating group) is 1. The van der Waals surface area contributed by atoms with Crippen LogP contribution in [0, 0.1) is 0 Å². The second-order valence-electron chi connectivity index (χ2n) is 5.38. The molecule has 1 rings (SSSR count). The summed E-state index contributed by atoms with van der Waals surface area (Å²) in [5.74, 6) is 0. The predicted molar refractivity (Wildman–Crippen MR) is 66.4 cm³/mol. The van der Waals surface area contributed by atoms with E-state index >= 15 is 0 Å². The SMILES string of the molecule is CCC(N)C(N1CC(C)N(C)C(C)C1)C(F)(F)F. The lowest BCUT2D eigenvalue weighted by molar-refractivity contribution is -0.197. The highest BCUT2D eigenvalue weighted by Gasteiger charge is 2.48. The molecule has 4 unspecified atom stereocenters. The Balaban J connectivity index is 2.87. The number of hydrogen-bond acceptors (Lipinski definition) is 3. The van der Waals surface area contributed by atoms with Gasteiger partial charge in [0.2, 0.25) is 0 Å². The molecule has 0 bridgehead atoms. The van der Waals surface area contributed by atoms with Gasteiger partial charge >= 0.3 is 6.18 Å². The third-order valence-electron chi connectivity index (χ3n) is 3.99. The van der Waals surface area contributed by atoms with Crippen LogP contribution in [-0.4, -0.2) is 60.3 Å². The van der Waals surface area contributed by atoms with Crippen LogP contribution >= 0.6 is 0 Å². The van der Waals surface area contributed by atoms with E-state index < -0.39 is 18.3 Å². The van der Waals surface area contributed by atoms with Gasteiger partial charge in [-0.1, -0.05) is 6.92 Å². The van der Waals surface area contributed by atoms with E-state index in [9.17, 15) is 13.2 Å². The first-order valence-electron chi connectivity index (χ1n) is 6.46. The molecule has 1 saturated heterocycles. The molecule has 6 heteroatoms. The Morgan fingerprint density at radius 1 is 1.22 bits per heavy atom. The van der Waals surface area contributed by atoms with Crippen LogP contribution in [0.15, 0.2) is 0 Å². The van der Waals surface area contributed by atoms with Crippen LogP contribution in [-0.2, 0) is 0 Å². The van der Waals surface area contributed by atoms with Crippen molar-refractivity contribution in [2.75, 3.05) is 20.1 Å². The Labute approximate surface area is 107 Å². The van der Waals surface area contributed by atoms with Crippen molar-refractivity contribution >= 4 is 0 Å². The molecule has 108 valence electrons. The fourth-order valence-corrected chi connectivity index (χ4v) is 2.62. The molecule has 1 heterocycles. The van der Waals surface area contributed by atoms with Crippen LogP contribution in [0.5, 0.6) is 0 Å². The van der Waals surface area contributed by atoms with E-state index in [0.29, 0.717) is 19.5 Å². The average Bonchev–Trinajstić information content (AvgIpc) is 2.23. The molecule has 0 radical (unpaired) electrons. The maximum absolute atomic E-state index is 13.2. The number of piperazine rings is 1. The van der Waals surface area contributed by atoms with E-state index in [1.165, 1.54) is 4.90 Å². The summed E-state index contributed by atoms with van der Waals surface area (Å²) in [5, 5.41) is 0. The average molecular weight is 267 g/mol. The zero-order valence-electron chi connectivity index (χ0n) is 11.5. The van der Waals surface area contributed by atoms with Gasteiger partial charge < -0.3 is 5.73 Å². The molecule has 0 amide bonds. The Morgan fingerprint density at radius 3 is 2.00 bits per heavy atom. The van der Waals surface area contributed by atoms with Gasteiger partial charge in [0, 0.05) is 31.2 Å². The molecule has 3 nitrogen and oxygen atoms in total. The first-order chi connectivity index (χ1) is 8.18. The summed E-state index contributed by atoms with van der Waals surface area (Å²) >= 11 is 0. The second-order valence-corrected chi connectivity index (χ2v) is 5.38. The van der Waals surface area contributed by atoms with Crippen molar-refractivity contribution in [1.82, 2.24) is 9.80 Å². The van der Waals surface area contributed by atoms with Crippen LogP contribution in [0.4, 0.5) is 13.2 Å². The van der Waals surface area contributed by atoms with Gasteiger partial charge in [0.25, 0.3) is 0 Å². The normalized spacial score (nSPS) is 31.3. The maximum atomic E-state index is 13.2. The lowest BCUT2D eigenvalue weighted by Gasteiger charge is -2.47. The summed E-state index contributed by atoms with van der Waals surface area (Å²) in [4.78, 5) is 3.62. The van der Waals surface area contributed by atoms with Crippen LogP contribution in [0.25, 0.3) is 0 Å². The molecule has 0 aromatic rings. The molecule has 1 aliphatic rings.